The standard InChI is InChI=1S/C14H20ClNO2/c1-16-14(9-5-4-6-9)10-7-12(17-2)13(18-3)8-11(10)15/h7-9,14,16H,4-6H2,1-3H3. The second-order valence-corrected chi connectivity index (χ2v) is 5.09. The van der Waals surface area contributed by atoms with Gasteiger partial charge in [-0.3, -0.25) is 0 Å². The van der Waals surface area contributed by atoms with Crippen molar-refractivity contribution < 1.29 is 9.47 Å². The summed E-state index contributed by atoms with van der Waals surface area (Å²) >= 11 is 6.36. The molecule has 4 heteroatoms. The molecule has 1 N–H and O–H groups in total. The normalized spacial score (nSPS) is 17.1. The highest BCUT2D eigenvalue weighted by Gasteiger charge is 2.29. The number of hydrogen-bond acceptors (Lipinski definition) is 3. The molecule has 0 heterocycles. The van der Waals surface area contributed by atoms with Crippen molar-refractivity contribution in [2.24, 2.45) is 5.92 Å². The van der Waals surface area contributed by atoms with E-state index < -0.39 is 0 Å². The zero-order chi connectivity index (χ0) is 13.1. The van der Waals surface area contributed by atoms with Gasteiger partial charge in [-0.25, -0.2) is 0 Å². The van der Waals surface area contributed by atoms with Gasteiger partial charge in [0.15, 0.2) is 11.5 Å². The van der Waals surface area contributed by atoms with Crippen molar-refractivity contribution in [1.82, 2.24) is 5.32 Å². The molecule has 1 unspecified atom stereocenters. The van der Waals surface area contributed by atoms with Gasteiger partial charge in [0.25, 0.3) is 0 Å². The van der Waals surface area contributed by atoms with Crippen molar-refractivity contribution in [3.05, 3.63) is 22.7 Å². The van der Waals surface area contributed by atoms with Crippen molar-refractivity contribution in [2.75, 3.05) is 21.3 Å². The van der Waals surface area contributed by atoms with E-state index in [4.69, 9.17) is 21.1 Å². The molecule has 1 aromatic rings. The number of methoxy groups -OCH3 is 2. The molecule has 18 heavy (non-hydrogen) atoms. The quantitative estimate of drug-likeness (QED) is 0.889. The van der Waals surface area contributed by atoms with Crippen molar-refractivity contribution in [3.63, 3.8) is 0 Å². The molecular weight excluding hydrogens is 250 g/mol. The second kappa shape index (κ2) is 5.81. The molecule has 0 bridgehead atoms. The summed E-state index contributed by atoms with van der Waals surface area (Å²) < 4.78 is 10.6. The molecule has 2 rings (SSSR count). The Balaban J connectivity index is 2.36. The third-order valence-corrected chi connectivity index (χ3v) is 4.10. The van der Waals surface area contributed by atoms with E-state index in [2.05, 4.69) is 5.32 Å². The van der Waals surface area contributed by atoms with Gasteiger partial charge in [0.2, 0.25) is 0 Å². The number of rotatable bonds is 5. The van der Waals surface area contributed by atoms with Crippen LogP contribution in [0.1, 0.15) is 30.9 Å². The van der Waals surface area contributed by atoms with Crippen molar-refractivity contribution in [2.45, 2.75) is 25.3 Å². The molecule has 1 fully saturated rings. The van der Waals surface area contributed by atoms with Crippen LogP contribution in [0, 0.1) is 5.92 Å². The molecule has 1 aliphatic rings. The second-order valence-electron chi connectivity index (χ2n) is 4.69. The molecule has 0 aliphatic heterocycles. The number of halogens is 1. The summed E-state index contributed by atoms with van der Waals surface area (Å²) in [6.45, 7) is 0. The first kappa shape index (κ1) is 13.5. The Labute approximate surface area is 113 Å². The average Bonchev–Trinajstić information content (AvgIpc) is 2.33. The Morgan fingerprint density at radius 1 is 1.22 bits per heavy atom. The van der Waals surface area contributed by atoms with Crippen LogP contribution in [0.5, 0.6) is 11.5 Å². The monoisotopic (exact) mass is 269 g/mol. The minimum atomic E-state index is 0.297. The highest BCUT2D eigenvalue weighted by Crippen LogP contribution is 2.43. The smallest absolute Gasteiger partial charge is 0.162 e. The Kier molecular flexibility index (Phi) is 4.36. The van der Waals surface area contributed by atoms with E-state index >= 15 is 0 Å². The van der Waals surface area contributed by atoms with Crippen LogP contribution in [0.3, 0.4) is 0 Å². The van der Waals surface area contributed by atoms with E-state index in [1.807, 2.05) is 19.2 Å². The van der Waals surface area contributed by atoms with Crippen LogP contribution < -0.4 is 14.8 Å². The highest BCUT2D eigenvalue weighted by molar-refractivity contribution is 6.31. The minimum Gasteiger partial charge on any atom is -0.493 e. The van der Waals surface area contributed by atoms with E-state index in [1.54, 1.807) is 14.2 Å². The lowest BCUT2D eigenvalue weighted by Gasteiger charge is -2.34. The lowest BCUT2D eigenvalue weighted by Crippen LogP contribution is -2.30. The number of nitrogens with one attached hydrogen (secondary N) is 1. The van der Waals surface area contributed by atoms with E-state index in [0.29, 0.717) is 17.7 Å². The highest BCUT2D eigenvalue weighted by atomic mass is 35.5. The molecular formula is C14H20ClNO2. The lowest BCUT2D eigenvalue weighted by molar-refractivity contribution is 0.239. The largest absolute Gasteiger partial charge is 0.493 e. The predicted molar refractivity (Wildman–Crippen MR) is 73.7 cm³/mol. The van der Waals surface area contributed by atoms with Crippen molar-refractivity contribution >= 4 is 11.6 Å². The lowest BCUT2D eigenvalue weighted by atomic mass is 9.77. The molecule has 1 saturated carbocycles. The van der Waals surface area contributed by atoms with Crippen LogP contribution in [0.2, 0.25) is 5.02 Å². The van der Waals surface area contributed by atoms with Gasteiger partial charge >= 0.3 is 0 Å². The summed E-state index contributed by atoms with van der Waals surface area (Å²) in [5, 5.41) is 4.10. The summed E-state index contributed by atoms with van der Waals surface area (Å²) in [5.74, 6) is 2.08. The molecule has 3 nitrogen and oxygen atoms in total. The van der Waals surface area contributed by atoms with Crippen LogP contribution in [0.25, 0.3) is 0 Å². The predicted octanol–water partition coefficient (Wildman–Crippen LogP) is 3.42. The summed E-state index contributed by atoms with van der Waals surface area (Å²) in [6, 6.07) is 4.12. The maximum Gasteiger partial charge on any atom is 0.162 e. The van der Waals surface area contributed by atoms with Gasteiger partial charge in [-0.15, -0.1) is 0 Å². The third-order valence-electron chi connectivity index (χ3n) is 3.77. The first-order valence-corrected chi connectivity index (χ1v) is 6.67. The van der Waals surface area contributed by atoms with Crippen LogP contribution in [0.15, 0.2) is 12.1 Å². The van der Waals surface area contributed by atoms with Crippen LogP contribution in [-0.4, -0.2) is 21.3 Å². The third kappa shape index (κ3) is 2.43. The zero-order valence-electron chi connectivity index (χ0n) is 11.1. The molecule has 1 atom stereocenters. The maximum atomic E-state index is 6.36. The number of ether oxygens (including phenoxy) is 2. The zero-order valence-corrected chi connectivity index (χ0v) is 11.9. The summed E-state index contributed by atoms with van der Waals surface area (Å²) in [7, 11) is 5.25. The Hall–Kier alpha value is -0.930. The maximum absolute atomic E-state index is 6.36. The minimum absolute atomic E-state index is 0.297. The van der Waals surface area contributed by atoms with Gasteiger partial charge in [0.05, 0.1) is 14.2 Å². The Morgan fingerprint density at radius 2 is 1.83 bits per heavy atom. The Bertz CT molecular complexity index is 419. The fourth-order valence-electron chi connectivity index (χ4n) is 2.53. The van der Waals surface area contributed by atoms with E-state index in [1.165, 1.54) is 19.3 Å². The topological polar surface area (TPSA) is 30.5 Å². The van der Waals surface area contributed by atoms with Crippen molar-refractivity contribution in [1.29, 1.82) is 0 Å². The first-order valence-electron chi connectivity index (χ1n) is 6.30. The van der Waals surface area contributed by atoms with Gasteiger partial charge in [-0.2, -0.15) is 0 Å². The van der Waals surface area contributed by atoms with Crippen molar-refractivity contribution in [3.8, 4) is 11.5 Å². The summed E-state index contributed by atoms with van der Waals surface area (Å²) in [4.78, 5) is 0. The fourth-order valence-corrected chi connectivity index (χ4v) is 2.80. The Morgan fingerprint density at radius 3 is 2.28 bits per heavy atom. The van der Waals surface area contributed by atoms with E-state index in [0.717, 1.165) is 16.3 Å². The molecule has 1 aliphatic carbocycles. The molecule has 0 amide bonds. The fraction of sp³-hybridized carbons (Fsp3) is 0.571. The number of hydrogen-bond donors (Lipinski definition) is 1. The van der Waals surface area contributed by atoms with Gasteiger partial charge in [0, 0.05) is 17.1 Å². The molecule has 0 aromatic heterocycles. The van der Waals surface area contributed by atoms with Gasteiger partial charge in [-0.1, -0.05) is 18.0 Å². The summed E-state index contributed by atoms with van der Waals surface area (Å²) in [6.07, 6.45) is 3.83. The van der Waals surface area contributed by atoms with E-state index in [-0.39, 0.29) is 0 Å². The number of benzene rings is 1. The van der Waals surface area contributed by atoms with Gasteiger partial charge < -0.3 is 14.8 Å². The molecule has 100 valence electrons. The van der Waals surface area contributed by atoms with Crippen LogP contribution >= 0.6 is 11.6 Å². The van der Waals surface area contributed by atoms with E-state index in [9.17, 15) is 0 Å². The molecule has 1 aromatic carbocycles. The van der Waals surface area contributed by atoms with Crippen LogP contribution in [0.4, 0.5) is 0 Å². The summed E-state index contributed by atoms with van der Waals surface area (Å²) in [5.41, 5.74) is 1.10. The van der Waals surface area contributed by atoms with Crippen LogP contribution in [-0.2, 0) is 0 Å². The SMILES string of the molecule is CNC(c1cc(OC)c(OC)cc1Cl)C1CCC1. The average molecular weight is 270 g/mol. The van der Waals surface area contributed by atoms with Gasteiger partial charge in [0.1, 0.15) is 0 Å². The first-order chi connectivity index (χ1) is 8.71. The molecule has 0 spiro atoms. The van der Waals surface area contributed by atoms with Gasteiger partial charge in [-0.05, 0) is 37.4 Å². The molecule has 0 radical (unpaired) electrons. The molecule has 0 saturated heterocycles.